The summed E-state index contributed by atoms with van der Waals surface area (Å²) in [5.41, 5.74) is 0. The van der Waals surface area contributed by atoms with Gasteiger partial charge in [0.25, 0.3) is 0 Å². The fourth-order valence-electron chi connectivity index (χ4n) is 2.64. The van der Waals surface area contributed by atoms with E-state index in [1.54, 1.807) is 6.55 Å². The summed E-state index contributed by atoms with van der Waals surface area (Å²) in [5.74, 6) is 1.39. The smallest absolute Gasteiger partial charge is 0.481 e. The van der Waals surface area contributed by atoms with Gasteiger partial charge in [0.15, 0.2) is 0 Å². The van der Waals surface area contributed by atoms with Crippen molar-refractivity contribution in [3.8, 4) is 17.2 Å². The lowest BCUT2D eigenvalue weighted by Crippen LogP contribution is -2.52. The van der Waals surface area contributed by atoms with Crippen molar-refractivity contribution >= 4 is 248 Å². The van der Waals surface area contributed by atoms with E-state index in [-0.39, 0.29) is 0 Å². The second-order valence-electron chi connectivity index (χ2n) is 6.87. The van der Waals surface area contributed by atoms with Crippen molar-refractivity contribution in [1.29, 1.82) is 0 Å². The number of benzene rings is 3. The molecule has 3 nitrogen and oxygen atoms in total. The molecule has 19 heteroatoms. The van der Waals surface area contributed by atoms with Gasteiger partial charge in [0, 0.05) is 20.0 Å². The highest BCUT2D eigenvalue weighted by atomic mass is 79.9. The molecule has 0 heterocycles. The summed E-state index contributed by atoms with van der Waals surface area (Å²) < 4.78 is 30.8. The molecule has 0 saturated heterocycles. The van der Waals surface area contributed by atoms with Gasteiger partial charge in [-0.1, -0.05) is 0 Å². The van der Waals surface area contributed by atoms with Crippen molar-refractivity contribution in [2.75, 3.05) is 0 Å². The molecule has 0 aliphatic heterocycles. The Labute approximate surface area is 345 Å². The first kappa shape index (κ1) is 36.9. The van der Waals surface area contributed by atoms with Gasteiger partial charge in [0.05, 0.1) is 53.7 Å². The second-order valence-corrected chi connectivity index (χ2v) is 21.1. The molecule has 0 amide bonds. The van der Waals surface area contributed by atoms with E-state index < -0.39 is 8.80 Å². The zero-order valence-corrected chi connectivity index (χ0v) is 42.2. The SMILES string of the molecule is C[Si](Oc1c(Br)c(Br)c(Br)c(Br)c1Br)(Oc1c(Br)c(Br)c(Br)c(Br)c1Br)Oc1c(Br)c(Br)c(Br)c(Br)c1Br. The monoisotopic (exact) mass is 1490 g/mol. The highest BCUT2D eigenvalue weighted by molar-refractivity contribution is 9.17. The van der Waals surface area contributed by atoms with Gasteiger partial charge in [0.2, 0.25) is 0 Å². The van der Waals surface area contributed by atoms with Crippen LogP contribution in [0, 0.1) is 0 Å². The molecule has 0 N–H and O–H groups in total. The van der Waals surface area contributed by atoms with E-state index in [1.807, 2.05) is 0 Å². The minimum absolute atomic E-state index is 0.464. The van der Waals surface area contributed by atoms with Crippen LogP contribution in [0.5, 0.6) is 17.2 Å². The lowest BCUT2D eigenvalue weighted by atomic mass is 10.3. The van der Waals surface area contributed by atoms with E-state index in [9.17, 15) is 0 Å². The van der Waals surface area contributed by atoms with Gasteiger partial charge >= 0.3 is 8.80 Å². The minimum atomic E-state index is -3.70. The van der Waals surface area contributed by atoms with Crippen LogP contribution < -0.4 is 13.3 Å². The molecule has 0 bridgehead atoms. The van der Waals surface area contributed by atoms with Crippen LogP contribution in [0.15, 0.2) is 67.1 Å². The molecule has 38 heavy (non-hydrogen) atoms. The summed E-state index contributed by atoms with van der Waals surface area (Å²) in [7, 11) is -3.70. The van der Waals surface area contributed by atoms with Crippen LogP contribution >= 0.6 is 239 Å². The number of hydrogen-bond donors (Lipinski definition) is 0. The summed E-state index contributed by atoms with van der Waals surface area (Å²) in [5, 5.41) is 0. The maximum absolute atomic E-state index is 6.68. The molecule has 0 saturated carbocycles. The summed E-state index contributed by atoms with van der Waals surface area (Å²) in [6.07, 6.45) is 0. The molecule has 0 fully saturated rings. The van der Waals surface area contributed by atoms with Gasteiger partial charge in [-0.05, 0) is 239 Å². The third-order valence-electron chi connectivity index (χ3n) is 4.37. The predicted octanol–water partition coefficient (Wildman–Crippen LogP) is 16.2. The Bertz CT molecular complexity index is 1220. The van der Waals surface area contributed by atoms with Crippen molar-refractivity contribution in [3.63, 3.8) is 0 Å². The van der Waals surface area contributed by atoms with Crippen LogP contribution in [0.1, 0.15) is 0 Å². The number of hydrogen-bond acceptors (Lipinski definition) is 3. The normalized spacial score (nSPS) is 11.7. The highest BCUT2D eigenvalue weighted by Crippen LogP contribution is 2.53. The molecule has 0 aliphatic carbocycles. The average Bonchev–Trinajstić information content (AvgIpc) is 2.89. The molecule has 3 rings (SSSR count). The first-order chi connectivity index (χ1) is 17.4. The molecule has 0 radical (unpaired) electrons. The van der Waals surface area contributed by atoms with Gasteiger partial charge in [-0.25, -0.2) is 0 Å². The van der Waals surface area contributed by atoms with Crippen molar-refractivity contribution in [2.24, 2.45) is 0 Å². The van der Waals surface area contributed by atoms with Crippen LogP contribution in [-0.4, -0.2) is 8.80 Å². The van der Waals surface area contributed by atoms with Crippen LogP contribution in [-0.2, 0) is 0 Å². The summed E-state index contributed by atoms with van der Waals surface area (Å²) in [6, 6.07) is 0. The number of halogens is 15. The Balaban J connectivity index is 2.30. The molecule has 206 valence electrons. The Morgan fingerprint density at radius 1 is 0.289 bits per heavy atom. The van der Waals surface area contributed by atoms with Crippen molar-refractivity contribution in [2.45, 2.75) is 6.55 Å². The maximum Gasteiger partial charge on any atom is 0.696 e. The van der Waals surface area contributed by atoms with Gasteiger partial charge in [0.1, 0.15) is 17.2 Å². The molecule has 0 aliphatic rings. The fraction of sp³-hybridized carbons (Fsp3) is 0.0526. The largest absolute Gasteiger partial charge is 0.696 e. The van der Waals surface area contributed by atoms with Crippen LogP contribution in [0.3, 0.4) is 0 Å². The third kappa shape index (κ3) is 7.54. The molecule has 0 aromatic heterocycles. The van der Waals surface area contributed by atoms with Gasteiger partial charge in [-0.2, -0.15) is 0 Å². The maximum atomic E-state index is 6.68. The van der Waals surface area contributed by atoms with E-state index in [4.69, 9.17) is 13.3 Å². The van der Waals surface area contributed by atoms with E-state index in [0.29, 0.717) is 44.1 Å². The van der Waals surface area contributed by atoms with E-state index in [0.717, 1.165) is 40.3 Å². The van der Waals surface area contributed by atoms with Crippen LogP contribution in [0.4, 0.5) is 0 Å². The van der Waals surface area contributed by atoms with E-state index in [1.165, 1.54) is 0 Å². The number of rotatable bonds is 6. The van der Waals surface area contributed by atoms with Gasteiger partial charge < -0.3 is 13.3 Å². The molecular weight excluding hydrogens is 1500 g/mol. The average molecular weight is 1510 g/mol. The van der Waals surface area contributed by atoms with E-state index in [2.05, 4.69) is 239 Å². The van der Waals surface area contributed by atoms with Crippen molar-refractivity contribution in [3.05, 3.63) is 67.1 Å². The van der Waals surface area contributed by atoms with Gasteiger partial charge in [-0.15, -0.1) is 0 Å². The first-order valence-corrected chi connectivity index (χ1v) is 23.2. The molecule has 3 aromatic carbocycles. The Morgan fingerprint density at radius 2 is 0.421 bits per heavy atom. The fourth-order valence-corrected chi connectivity index (χ4v) is 14.9. The zero-order valence-electron chi connectivity index (χ0n) is 17.4. The Morgan fingerprint density at radius 3 is 0.579 bits per heavy atom. The quantitative estimate of drug-likeness (QED) is 0.140. The van der Waals surface area contributed by atoms with Crippen molar-refractivity contribution < 1.29 is 13.3 Å². The molecule has 0 spiro atoms. The van der Waals surface area contributed by atoms with E-state index >= 15 is 0 Å². The summed E-state index contributed by atoms with van der Waals surface area (Å²) in [6.45, 7) is 1.79. The second kappa shape index (κ2) is 14.9. The van der Waals surface area contributed by atoms with Crippen LogP contribution in [0.2, 0.25) is 6.55 Å². The lowest BCUT2D eigenvalue weighted by Gasteiger charge is -2.31. The molecule has 3 aromatic rings. The molecular formula is C19H3Br15O3Si. The standard InChI is InChI=1S/C19H3Br15O3Si/c1-38(35-17-11(29)5(23)2(20)6(24)12(17)30,36-18-13(31)7(25)3(21)8(26)14(18)32)37-19-15(33)9(27)4(22)10(28)16(19)34/h1H3. The minimum Gasteiger partial charge on any atom is -0.481 e. The third-order valence-corrected chi connectivity index (χ3v) is 24.2. The summed E-state index contributed by atoms with van der Waals surface area (Å²) in [4.78, 5) is 0. The van der Waals surface area contributed by atoms with Gasteiger partial charge in [-0.3, -0.25) is 0 Å². The molecule has 0 atom stereocenters. The molecule has 0 unspecified atom stereocenters. The first-order valence-electron chi connectivity index (χ1n) is 9.06. The Hall–Kier alpha value is 4.48. The topological polar surface area (TPSA) is 27.7 Å². The summed E-state index contributed by atoms with van der Waals surface area (Å²) >= 11 is 54.2. The highest BCUT2D eigenvalue weighted by Gasteiger charge is 2.47. The Kier molecular flexibility index (Phi) is 14.5. The van der Waals surface area contributed by atoms with Crippen molar-refractivity contribution in [1.82, 2.24) is 0 Å². The lowest BCUT2D eigenvalue weighted by molar-refractivity contribution is 0.266. The zero-order chi connectivity index (χ0) is 29.0. The van der Waals surface area contributed by atoms with Crippen LogP contribution in [0.25, 0.3) is 0 Å². The predicted molar refractivity (Wildman–Crippen MR) is 208 cm³/mol.